The minimum atomic E-state index is -3.44. The van der Waals surface area contributed by atoms with Crippen LogP contribution in [0.3, 0.4) is 0 Å². The van der Waals surface area contributed by atoms with Crippen molar-refractivity contribution in [3.63, 3.8) is 0 Å². The van der Waals surface area contributed by atoms with Crippen LogP contribution in [-0.4, -0.2) is 24.8 Å². The van der Waals surface area contributed by atoms with Crippen LogP contribution in [0.2, 0.25) is 0 Å². The SMILES string of the molecule is Cc1ccc(S(=O)(=O)N2[C@H](C)C=CC[C@@H]2C(C)C)cc1. The van der Waals surface area contributed by atoms with Gasteiger partial charge in [0.2, 0.25) is 10.0 Å². The molecule has 1 aliphatic heterocycles. The molecule has 0 saturated heterocycles. The molecule has 110 valence electrons. The Balaban J connectivity index is 2.45. The van der Waals surface area contributed by atoms with Crippen LogP contribution in [0.5, 0.6) is 0 Å². The Hall–Kier alpha value is -1.13. The van der Waals surface area contributed by atoms with Crippen LogP contribution in [0.15, 0.2) is 41.3 Å². The van der Waals surface area contributed by atoms with Gasteiger partial charge in [-0.25, -0.2) is 8.42 Å². The van der Waals surface area contributed by atoms with Gasteiger partial charge in [-0.3, -0.25) is 0 Å². The normalized spacial score (nSPS) is 24.2. The number of hydrogen-bond donors (Lipinski definition) is 0. The molecule has 1 aliphatic rings. The third-order valence-corrected chi connectivity index (χ3v) is 5.91. The van der Waals surface area contributed by atoms with E-state index in [4.69, 9.17) is 0 Å². The first kappa shape index (κ1) is 15.3. The van der Waals surface area contributed by atoms with Crippen molar-refractivity contribution >= 4 is 10.0 Å². The second-order valence-electron chi connectivity index (χ2n) is 5.86. The van der Waals surface area contributed by atoms with Crippen LogP contribution in [0.4, 0.5) is 0 Å². The van der Waals surface area contributed by atoms with E-state index >= 15 is 0 Å². The molecule has 0 amide bonds. The fraction of sp³-hybridized carbons (Fsp3) is 0.500. The van der Waals surface area contributed by atoms with Crippen molar-refractivity contribution in [1.82, 2.24) is 4.31 Å². The Kier molecular flexibility index (Phi) is 4.35. The molecule has 20 heavy (non-hydrogen) atoms. The van der Waals surface area contributed by atoms with Crippen LogP contribution in [-0.2, 0) is 10.0 Å². The Labute approximate surface area is 122 Å². The molecular formula is C16H23NO2S. The quantitative estimate of drug-likeness (QED) is 0.801. The first-order valence-corrected chi connectivity index (χ1v) is 8.55. The molecule has 0 aromatic heterocycles. The van der Waals surface area contributed by atoms with Gasteiger partial charge < -0.3 is 0 Å². The van der Waals surface area contributed by atoms with Gasteiger partial charge in [-0.05, 0) is 38.3 Å². The van der Waals surface area contributed by atoms with Gasteiger partial charge in [-0.2, -0.15) is 4.31 Å². The molecule has 2 rings (SSSR count). The van der Waals surface area contributed by atoms with Gasteiger partial charge in [0.15, 0.2) is 0 Å². The molecule has 4 heteroatoms. The standard InChI is InChI=1S/C16H23NO2S/c1-12(2)16-7-5-6-14(4)17(16)20(18,19)15-10-8-13(3)9-11-15/h5-6,8-12,14,16H,7H2,1-4H3/t14-,16-/m1/s1. The number of hydrogen-bond acceptors (Lipinski definition) is 2. The summed E-state index contributed by atoms with van der Waals surface area (Å²) in [5.41, 5.74) is 1.07. The molecule has 0 bridgehead atoms. The van der Waals surface area contributed by atoms with E-state index in [0.717, 1.165) is 12.0 Å². The van der Waals surface area contributed by atoms with Gasteiger partial charge >= 0.3 is 0 Å². The summed E-state index contributed by atoms with van der Waals surface area (Å²) < 4.78 is 27.5. The summed E-state index contributed by atoms with van der Waals surface area (Å²) in [6.45, 7) is 8.05. The first-order valence-electron chi connectivity index (χ1n) is 7.11. The predicted octanol–water partition coefficient (Wildman–Crippen LogP) is 3.36. The minimum absolute atomic E-state index is 0.0290. The van der Waals surface area contributed by atoms with Crippen LogP contribution in [0.1, 0.15) is 32.8 Å². The van der Waals surface area contributed by atoms with Crippen molar-refractivity contribution < 1.29 is 8.42 Å². The maximum absolute atomic E-state index is 12.9. The number of sulfonamides is 1. The lowest BCUT2D eigenvalue weighted by Gasteiger charge is -2.38. The zero-order chi connectivity index (χ0) is 14.9. The van der Waals surface area contributed by atoms with Crippen molar-refractivity contribution in [2.24, 2.45) is 5.92 Å². The second kappa shape index (κ2) is 5.70. The van der Waals surface area contributed by atoms with Crippen molar-refractivity contribution in [2.75, 3.05) is 0 Å². The lowest BCUT2D eigenvalue weighted by Crippen LogP contribution is -2.49. The Morgan fingerprint density at radius 2 is 1.80 bits per heavy atom. The van der Waals surface area contributed by atoms with Crippen LogP contribution >= 0.6 is 0 Å². The molecule has 0 unspecified atom stereocenters. The van der Waals surface area contributed by atoms with E-state index < -0.39 is 10.0 Å². The summed E-state index contributed by atoms with van der Waals surface area (Å²) in [5.74, 6) is 0.294. The predicted molar refractivity (Wildman–Crippen MR) is 82.0 cm³/mol. The summed E-state index contributed by atoms with van der Waals surface area (Å²) in [6, 6.07) is 7.03. The van der Waals surface area contributed by atoms with E-state index in [2.05, 4.69) is 19.9 Å². The lowest BCUT2D eigenvalue weighted by molar-refractivity contribution is 0.225. The summed E-state index contributed by atoms with van der Waals surface area (Å²) >= 11 is 0. The molecule has 2 atom stereocenters. The lowest BCUT2D eigenvalue weighted by atomic mass is 9.96. The molecule has 0 saturated carbocycles. The zero-order valence-corrected chi connectivity index (χ0v) is 13.4. The summed E-state index contributed by atoms with van der Waals surface area (Å²) in [7, 11) is -3.44. The zero-order valence-electron chi connectivity index (χ0n) is 12.6. The Morgan fingerprint density at radius 1 is 1.20 bits per heavy atom. The highest BCUT2D eigenvalue weighted by Crippen LogP contribution is 2.30. The van der Waals surface area contributed by atoms with E-state index in [1.54, 1.807) is 16.4 Å². The molecule has 1 heterocycles. The van der Waals surface area contributed by atoms with Crippen LogP contribution in [0, 0.1) is 12.8 Å². The topological polar surface area (TPSA) is 37.4 Å². The number of rotatable bonds is 3. The Morgan fingerprint density at radius 3 is 2.35 bits per heavy atom. The first-order chi connectivity index (χ1) is 9.34. The molecule has 0 aliphatic carbocycles. The fourth-order valence-electron chi connectivity index (χ4n) is 2.70. The summed E-state index contributed by atoms with van der Waals surface area (Å²) in [5, 5.41) is 0. The molecule has 0 spiro atoms. The van der Waals surface area contributed by atoms with Crippen LogP contribution < -0.4 is 0 Å². The molecule has 0 fully saturated rings. The third-order valence-electron chi connectivity index (χ3n) is 3.89. The molecule has 1 aromatic carbocycles. The van der Waals surface area contributed by atoms with Gasteiger partial charge in [-0.1, -0.05) is 43.7 Å². The van der Waals surface area contributed by atoms with Gasteiger partial charge in [0.25, 0.3) is 0 Å². The molecule has 0 radical (unpaired) electrons. The molecule has 3 nitrogen and oxygen atoms in total. The highest BCUT2D eigenvalue weighted by atomic mass is 32.2. The summed E-state index contributed by atoms with van der Waals surface area (Å²) in [4.78, 5) is 0.385. The highest BCUT2D eigenvalue weighted by Gasteiger charge is 2.37. The van der Waals surface area contributed by atoms with E-state index in [-0.39, 0.29) is 12.1 Å². The van der Waals surface area contributed by atoms with E-state index in [9.17, 15) is 8.42 Å². The average Bonchev–Trinajstić information content (AvgIpc) is 2.38. The fourth-order valence-corrected chi connectivity index (χ4v) is 4.62. The van der Waals surface area contributed by atoms with Crippen molar-refractivity contribution in [1.29, 1.82) is 0 Å². The van der Waals surface area contributed by atoms with Crippen molar-refractivity contribution in [3.8, 4) is 0 Å². The smallest absolute Gasteiger partial charge is 0.207 e. The number of benzene rings is 1. The van der Waals surface area contributed by atoms with Gasteiger partial charge in [0.05, 0.1) is 4.90 Å². The van der Waals surface area contributed by atoms with Crippen molar-refractivity contribution in [3.05, 3.63) is 42.0 Å². The van der Waals surface area contributed by atoms with Gasteiger partial charge in [0, 0.05) is 12.1 Å². The van der Waals surface area contributed by atoms with E-state index in [1.165, 1.54) is 0 Å². The molecular weight excluding hydrogens is 270 g/mol. The maximum atomic E-state index is 12.9. The number of aryl methyl sites for hydroxylation is 1. The monoisotopic (exact) mass is 293 g/mol. The minimum Gasteiger partial charge on any atom is -0.207 e. The van der Waals surface area contributed by atoms with Gasteiger partial charge in [0.1, 0.15) is 0 Å². The van der Waals surface area contributed by atoms with Crippen molar-refractivity contribution in [2.45, 2.75) is 51.1 Å². The average molecular weight is 293 g/mol. The third kappa shape index (κ3) is 2.81. The second-order valence-corrected chi connectivity index (χ2v) is 7.71. The highest BCUT2D eigenvalue weighted by molar-refractivity contribution is 7.89. The Bertz CT molecular complexity index is 587. The van der Waals surface area contributed by atoms with E-state index in [1.807, 2.05) is 32.1 Å². The summed E-state index contributed by atoms with van der Waals surface area (Å²) in [6.07, 6.45) is 4.86. The maximum Gasteiger partial charge on any atom is 0.243 e. The van der Waals surface area contributed by atoms with Crippen LogP contribution in [0.25, 0.3) is 0 Å². The van der Waals surface area contributed by atoms with E-state index in [0.29, 0.717) is 10.8 Å². The van der Waals surface area contributed by atoms with Gasteiger partial charge in [-0.15, -0.1) is 0 Å². The molecule has 1 aromatic rings. The number of nitrogens with zero attached hydrogens (tertiary/aromatic N) is 1. The molecule has 0 N–H and O–H groups in total. The largest absolute Gasteiger partial charge is 0.243 e.